The SMILES string of the molecule is CC(C)c1nsc[n+]1N. The van der Waals surface area contributed by atoms with Gasteiger partial charge in [0.15, 0.2) is 0 Å². The van der Waals surface area contributed by atoms with E-state index in [0.29, 0.717) is 5.92 Å². The van der Waals surface area contributed by atoms with Crippen molar-refractivity contribution in [1.82, 2.24) is 4.37 Å². The monoisotopic (exact) mass is 144 g/mol. The topological polar surface area (TPSA) is 42.8 Å². The Morgan fingerprint density at radius 2 is 2.44 bits per heavy atom. The molecule has 1 heterocycles. The molecule has 1 rings (SSSR count). The molecule has 0 amide bonds. The molecular weight excluding hydrogens is 134 g/mol. The van der Waals surface area contributed by atoms with E-state index in [1.165, 1.54) is 11.5 Å². The summed E-state index contributed by atoms with van der Waals surface area (Å²) in [7, 11) is 0. The first-order chi connectivity index (χ1) is 4.22. The zero-order valence-corrected chi connectivity index (χ0v) is 6.35. The molecule has 0 aliphatic carbocycles. The Hall–Kier alpha value is -0.640. The number of aromatic nitrogens is 2. The van der Waals surface area contributed by atoms with Crippen LogP contribution in [0.2, 0.25) is 0 Å². The van der Waals surface area contributed by atoms with Gasteiger partial charge in [-0.1, -0.05) is 13.8 Å². The van der Waals surface area contributed by atoms with Crippen molar-refractivity contribution < 1.29 is 4.68 Å². The summed E-state index contributed by atoms with van der Waals surface area (Å²) in [5.74, 6) is 6.87. The van der Waals surface area contributed by atoms with Crippen LogP contribution in [0.15, 0.2) is 5.51 Å². The van der Waals surface area contributed by atoms with Crippen LogP contribution in [0.1, 0.15) is 25.6 Å². The smallest absolute Gasteiger partial charge is 0.268 e. The maximum absolute atomic E-state index is 5.51. The number of hydrogen-bond donors (Lipinski definition) is 1. The molecule has 50 valence electrons. The summed E-state index contributed by atoms with van der Waals surface area (Å²) in [6, 6.07) is 0. The van der Waals surface area contributed by atoms with Crippen LogP contribution in [-0.4, -0.2) is 4.37 Å². The predicted molar refractivity (Wildman–Crippen MR) is 36.5 cm³/mol. The molecule has 1 aromatic rings. The van der Waals surface area contributed by atoms with Crippen LogP contribution < -0.4 is 10.5 Å². The molecule has 0 aliphatic rings. The first-order valence-electron chi connectivity index (χ1n) is 2.83. The summed E-state index contributed by atoms with van der Waals surface area (Å²) in [4.78, 5) is 0. The van der Waals surface area contributed by atoms with Gasteiger partial charge in [0.25, 0.3) is 0 Å². The van der Waals surface area contributed by atoms with Crippen LogP contribution in [0.5, 0.6) is 0 Å². The second-order valence-electron chi connectivity index (χ2n) is 2.22. The molecular formula is C5H10N3S+. The lowest BCUT2D eigenvalue weighted by Crippen LogP contribution is -2.46. The molecule has 0 aromatic carbocycles. The zero-order chi connectivity index (χ0) is 6.85. The molecule has 4 heteroatoms. The third kappa shape index (κ3) is 1.18. The van der Waals surface area contributed by atoms with Gasteiger partial charge in [0.1, 0.15) is 11.5 Å². The third-order valence-corrected chi connectivity index (χ3v) is 1.70. The summed E-state index contributed by atoms with van der Waals surface area (Å²) < 4.78 is 5.66. The molecule has 3 nitrogen and oxygen atoms in total. The molecule has 0 unspecified atom stereocenters. The highest BCUT2D eigenvalue weighted by Crippen LogP contribution is 2.05. The Morgan fingerprint density at radius 1 is 1.78 bits per heavy atom. The molecule has 1 aromatic heterocycles. The van der Waals surface area contributed by atoms with Crippen LogP contribution in [0.4, 0.5) is 0 Å². The average molecular weight is 144 g/mol. The fourth-order valence-electron chi connectivity index (χ4n) is 0.633. The van der Waals surface area contributed by atoms with Crippen molar-refractivity contribution in [3.63, 3.8) is 0 Å². The number of nitrogens with two attached hydrogens (primary N) is 1. The van der Waals surface area contributed by atoms with E-state index in [2.05, 4.69) is 18.2 Å². The number of nitrogen functional groups attached to an aromatic ring is 1. The van der Waals surface area contributed by atoms with Crippen LogP contribution in [0.3, 0.4) is 0 Å². The van der Waals surface area contributed by atoms with E-state index in [1.807, 2.05) is 0 Å². The minimum Gasteiger partial charge on any atom is -0.268 e. The van der Waals surface area contributed by atoms with Gasteiger partial charge in [-0.25, -0.2) is 0 Å². The second kappa shape index (κ2) is 2.31. The Kier molecular flexibility index (Phi) is 1.66. The summed E-state index contributed by atoms with van der Waals surface area (Å²) in [5, 5.41) is 0. The standard InChI is InChI=1S/C5H10N3S/c1-4(2)5-7-9-3-8(5)6/h3-4H,6H2,1-2H3/q+1. The number of hydrogen-bond acceptors (Lipinski definition) is 3. The third-order valence-electron chi connectivity index (χ3n) is 1.09. The van der Waals surface area contributed by atoms with Crippen molar-refractivity contribution in [2.75, 3.05) is 5.84 Å². The summed E-state index contributed by atoms with van der Waals surface area (Å²) in [5.41, 5.74) is 1.79. The van der Waals surface area contributed by atoms with Gasteiger partial charge < -0.3 is 0 Å². The average Bonchev–Trinajstić information content (AvgIpc) is 2.13. The van der Waals surface area contributed by atoms with Crippen molar-refractivity contribution in [1.29, 1.82) is 0 Å². The van der Waals surface area contributed by atoms with Gasteiger partial charge in [-0.3, -0.25) is 5.84 Å². The molecule has 0 bridgehead atoms. The fourth-order valence-corrected chi connectivity index (χ4v) is 1.30. The van der Waals surface area contributed by atoms with E-state index in [-0.39, 0.29) is 0 Å². The van der Waals surface area contributed by atoms with Crippen molar-refractivity contribution >= 4 is 11.5 Å². The van der Waals surface area contributed by atoms with Crippen LogP contribution in [0.25, 0.3) is 0 Å². The van der Waals surface area contributed by atoms with Crippen LogP contribution in [-0.2, 0) is 0 Å². The van der Waals surface area contributed by atoms with Crippen molar-refractivity contribution in [3.05, 3.63) is 11.3 Å². The summed E-state index contributed by atoms with van der Waals surface area (Å²) in [6.07, 6.45) is 0. The Labute approximate surface area is 58.3 Å². The van der Waals surface area contributed by atoms with Gasteiger partial charge in [0.05, 0.1) is 5.92 Å². The highest BCUT2D eigenvalue weighted by atomic mass is 32.1. The van der Waals surface area contributed by atoms with E-state index in [9.17, 15) is 0 Å². The first kappa shape index (κ1) is 6.48. The number of rotatable bonds is 1. The minimum atomic E-state index is 0.418. The highest BCUT2D eigenvalue weighted by Gasteiger charge is 2.15. The quantitative estimate of drug-likeness (QED) is 0.454. The van der Waals surface area contributed by atoms with Gasteiger partial charge in [-0.15, -0.1) is 4.68 Å². The summed E-state index contributed by atoms with van der Waals surface area (Å²) >= 11 is 1.38. The largest absolute Gasteiger partial charge is 0.339 e. The Morgan fingerprint density at radius 3 is 2.67 bits per heavy atom. The van der Waals surface area contributed by atoms with Crippen molar-refractivity contribution in [2.45, 2.75) is 19.8 Å². The van der Waals surface area contributed by atoms with Gasteiger partial charge >= 0.3 is 5.82 Å². The van der Waals surface area contributed by atoms with E-state index >= 15 is 0 Å². The molecule has 0 aliphatic heterocycles. The van der Waals surface area contributed by atoms with Gasteiger partial charge in [-0.05, 0) is 0 Å². The molecule has 0 atom stereocenters. The highest BCUT2D eigenvalue weighted by molar-refractivity contribution is 7.02. The van der Waals surface area contributed by atoms with E-state index in [4.69, 9.17) is 5.84 Å². The lowest BCUT2D eigenvalue weighted by atomic mass is 10.2. The number of nitrogens with zero attached hydrogens (tertiary/aromatic N) is 2. The molecule has 0 spiro atoms. The molecule has 2 N–H and O–H groups in total. The molecule has 9 heavy (non-hydrogen) atoms. The Bertz CT molecular complexity index is 194. The normalized spacial score (nSPS) is 10.6. The van der Waals surface area contributed by atoms with Gasteiger partial charge in [0.2, 0.25) is 5.51 Å². The Balaban J connectivity index is 2.94. The van der Waals surface area contributed by atoms with Crippen LogP contribution >= 0.6 is 11.5 Å². The fraction of sp³-hybridized carbons (Fsp3) is 0.600. The summed E-state index contributed by atoms with van der Waals surface area (Å²) in [6.45, 7) is 4.14. The minimum absolute atomic E-state index is 0.418. The van der Waals surface area contributed by atoms with E-state index in [1.54, 1.807) is 10.2 Å². The molecule has 0 saturated carbocycles. The zero-order valence-electron chi connectivity index (χ0n) is 5.53. The van der Waals surface area contributed by atoms with Gasteiger partial charge in [0, 0.05) is 4.37 Å². The van der Waals surface area contributed by atoms with E-state index < -0.39 is 0 Å². The lowest BCUT2D eigenvalue weighted by Gasteiger charge is -1.91. The van der Waals surface area contributed by atoms with Crippen LogP contribution in [0, 0.1) is 0 Å². The van der Waals surface area contributed by atoms with Crippen molar-refractivity contribution in [2.24, 2.45) is 0 Å². The molecule has 0 radical (unpaired) electrons. The molecule has 0 fully saturated rings. The second-order valence-corrected chi connectivity index (χ2v) is 2.83. The molecule has 0 saturated heterocycles. The van der Waals surface area contributed by atoms with E-state index in [0.717, 1.165) is 5.82 Å². The predicted octanol–water partition coefficient (Wildman–Crippen LogP) is 0.268. The van der Waals surface area contributed by atoms with Gasteiger partial charge in [-0.2, -0.15) is 0 Å². The maximum atomic E-state index is 5.51. The van der Waals surface area contributed by atoms with Crippen molar-refractivity contribution in [3.8, 4) is 0 Å². The lowest BCUT2D eigenvalue weighted by molar-refractivity contribution is -0.645. The maximum Gasteiger partial charge on any atom is 0.339 e. The first-order valence-corrected chi connectivity index (χ1v) is 3.66.